The number of hydrogen-bond acceptors (Lipinski definition) is 2. The summed E-state index contributed by atoms with van der Waals surface area (Å²) in [4.78, 5) is 0. The van der Waals surface area contributed by atoms with Crippen LogP contribution in [0.3, 0.4) is 0 Å². The third kappa shape index (κ3) is 6.34. The third-order valence-electron chi connectivity index (χ3n) is 3.34. The summed E-state index contributed by atoms with van der Waals surface area (Å²) in [7, 11) is -0.801. The summed E-state index contributed by atoms with van der Waals surface area (Å²) in [6.45, 7) is 8.06. The molecule has 1 aromatic rings. The molecule has 0 bridgehead atoms. The molecule has 0 aliphatic rings. The summed E-state index contributed by atoms with van der Waals surface area (Å²) in [5, 5.41) is 8.94. The van der Waals surface area contributed by atoms with Crippen molar-refractivity contribution in [1.82, 2.24) is 0 Å². The normalized spacial score (nSPS) is 12.9. The van der Waals surface area contributed by atoms with E-state index in [1.807, 2.05) is 13.8 Å². The minimum atomic E-state index is -0.801. The second-order valence-electron chi connectivity index (χ2n) is 6.24. The van der Waals surface area contributed by atoms with Crippen molar-refractivity contribution >= 4 is 10.8 Å². The summed E-state index contributed by atoms with van der Waals surface area (Å²) >= 11 is 0. The largest absolute Gasteiger partial charge is 0.259 e. The molecule has 1 aromatic carbocycles. The topological polar surface area (TPSA) is 40.9 Å². The van der Waals surface area contributed by atoms with Crippen molar-refractivity contribution in [2.75, 3.05) is 5.75 Å². The van der Waals surface area contributed by atoms with Crippen LogP contribution in [-0.2, 0) is 16.6 Å². The van der Waals surface area contributed by atoms with Crippen LogP contribution in [-0.4, -0.2) is 9.96 Å². The van der Waals surface area contributed by atoms with Gasteiger partial charge in [0.2, 0.25) is 0 Å². The molecule has 0 aromatic heterocycles. The number of hydrogen-bond donors (Lipinski definition) is 0. The van der Waals surface area contributed by atoms with Gasteiger partial charge in [-0.15, -0.1) is 0 Å². The second kappa shape index (κ2) is 7.59. The van der Waals surface area contributed by atoms with Crippen LogP contribution in [0.2, 0.25) is 0 Å². The van der Waals surface area contributed by atoms with E-state index in [9.17, 15) is 4.21 Å². The van der Waals surface area contributed by atoms with Gasteiger partial charge >= 0.3 is 0 Å². The lowest BCUT2D eigenvalue weighted by Gasteiger charge is -2.14. The molecule has 0 aliphatic carbocycles. The minimum absolute atomic E-state index is 0.255. The average Bonchev–Trinajstić information content (AvgIpc) is 2.33. The molecule has 0 fully saturated rings. The van der Waals surface area contributed by atoms with Crippen LogP contribution >= 0.6 is 0 Å². The first-order valence-corrected chi connectivity index (χ1v) is 8.64. The monoisotopic (exact) mass is 291 g/mol. The zero-order valence-electron chi connectivity index (χ0n) is 13.0. The fourth-order valence-electron chi connectivity index (χ4n) is 2.30. The smallest absolute Gasteiger partial charge is 0.0683 e. The maximum absolute atomic E-state index is 12.1. The first kappa shape index (κ1) is 16.9. The minimum Gasteiger partial charge on any atom is -0.259 e. The Labute approximate surface area is 125 Å². The van der Waals surface area contributed by atoms with Crippen LogP contribution in [0.1, 0.15) is 49.8 Å². The Balaban J connectivity index is 2.36. The molecule has 1 unspecified atom stereocenters. The predicted molar refractivity (Wildman–Crippen MR) is 85.9 cm³/mol. The average molecular weight is 291 g/mol. The van der Waals surface area contributed by atoms with Crippen LogP contribution in [0, 0.1) is 30.6 Å². The molecule has 0 aliphatic heterocycles. The van der Waals surface area contributed by atoms with E-state index in [1.165, 1.54) is 11.1 Å². The molecule has 0 spiro atoms. The molecule has 0 heterocycles. The van der Waals surface area contributed by atoms with E-state index < -0.39 is 10.8 Å². The van der Waals surface area contributed by atoms with E-state index in [2.05, 4.69) is 38.1 Å². The summed E-state index contributed by atoms with van der Waals surface area (Å²) in [6.07, 6.45) is 2.78. The van der Waals surface area contributed by atoms with Gasteiger partial charge in [-0.3, -0.25) is 4.21 Å². The quantitative estimate of drug-likeness (QED) is 0.704. The number of nitrogens with zero attached hydrogens (tertiary/aromatic N) is 1. The molecular weight excluding hydrogens is 266 g/mol. The van der Waals surface area contributed by atoms with Crippen molar-refractivity contribution < 1.29 is 4.21 Å². The van der Waals surface area contributed by atoms with Crippen LogP contribution in [0.15, 0.2) is 18.2 Å². The summed E-state index contributed by atoms with van der Waals surface area (Å²) in [5.74, 6) is 1.37. The van der Waals surface area contributed by atoms with Gasteiger partial charge in [0.1, 0.15) is 0 Å². The highest BCUT2D eigenvalue weighted by molar-refractivity contribution is 7.84. The van der Waals surface area contributed by atoms with Crippen molar-refractivity contribution in [2.24, 2.45) is 5.41 Å². The maximum Gasteiger partial charge on any atom is 0.0683 e. The number of benzene rings is 1. The Morgan fingerprint density at radius 3 is 2.30 bits per heavy atom. The number of unbranched alkanes of at least 4 members (excludes halogenated alkanes) is 1. The zero-order chi connectivity index (χ0) is 15.2. The van der Waals surface area contributed by atoms with Crippen LogP contribution in [0.5, 0.6) is 0 Å². The van der Waals surface area contributed by atoms with E-state index in [1.54, 1.807) is 0 Å². The Hall–Kier alpha value is -1.14. The lowest BCUT2D eigenvalue weighted by molar-refractivity contribution is 0.432. The summed E-state index contributed by atoms with van der Waals surface area (Å²) in [5.41, 5.74) is 3.37. The van der Waals surface area contributed by atoms with Gasteiger partial charge in [0.15, 0.2) is 0 Å². The van der Waals surface area contributed by atoms with Crippen molar-refractivity contribution in [2.45, 2.75) is 52.7 Å². The summed E-state index contributed by atoms with van der Waals surface area (Å²) < 4.78 is 12.1. The van der Waals surface area contributed by atoms with Crippen molar-refractivity contribution in [3.8, 4) is 6.07 Å². The highest BCUT2D eigenvalue weighted by Crippen LogP contribution is 2.21. The van der Waals surface area contributed by atoms with Crippen molar-refractivity contribution in [3.63, 3.8) is 0 Å². The molecule has 2 nitrogen and oxygen atoms in total. The standard InChI is InChI=1S/C17H25NOS/c1-14-9-15(2)11-16(10-14)12-20(19)8-6-5-7-17(3,4)13-18/h9-11H,5-8,12H2,1-4H3. The first-order valence-electron chi connectivity index (χ1n) is 7.16. The zero-order valence-corrected chi connectivity index (χ0v) is 13.8. The van der Waals surface area contributed by atoms with E-state index >= 15 is 0 Å². The molecule has 0 N–H and O–H groups in total. The number of rotatable bonds is 7. The molecule has 0 radical (unpaired) electrons. The molecule has 0 saturated heterocycles. The SMILES string of the molecule is Cc1cc(C)cc(CS(=O)CCCCC(C)(C)C#N)c1. The maximum atomic E-state index is 12.1. The van der Waals surface area contributed by atoms with Gasteiger partial charge in [0, 0.05) is 22.3 Å². The van der Waals surface area contributed by atoms with E-state index in [-0.39, 0.29) is 5.41 Å². The van der Waals surface area contributed by atoms with Crippen molar-refractivity contribution in [1.29, 1.82) is 5.26 Å². The van der Waals surface area contributed by atoms with Gasteiger partial charge in [-0.25, -0.2) is 0 Å². The Morgan fingerprint density at radius 2 is 1.75 bits per heavy atom. The molecule has 3 heteroatoms. The number of aryl methyl sites for hydroxylation is 2. The third-order valence-corrected chi connectivity index (χ3v) is 4.73. The van der Waals surface area contributed by atoms with Crippen LogP contribution < -0.4 is 0 Å². The number of nitriles is 1. The highest BCUT2D eigenvalue weighted by Gasteiger charge is 2.15. The lowest BCUT2D eigenvalue weighted by Crippen LogP contribution is -2.08. The van der Waals surface area contributed by atoms with Gasteiger partial charge in [-0.05, 0) is 46.1 Å². The van der Waals surface area contributed by atoms with Gasteiger partial charge < -0.3 is 0 Å². The Bertz CT molecular complexity index is 494. The van der Waals surface area contributed by atoms with Gasteiger partial charge in [-0.1, -0.05) is 35.7 Å². The molecule has 1 rings (SSSR count). The fourth-order valence-corrected chi connectivity index (χ4v) is 3.51. The lowest BCUT2D eigenvalue weighted by atomic mass is 9.89. The highest BCUT2D eigenvalue weighted by atomic mass is 32.2. The molecule has 1 atom stereocenters. The fraction of sp³-hybridized carbons (Fsp3) is 0.588. The van der Waals surface area contributed by atoms with Gasteiger partial charge in [0.25, 0.3) is 0 Å². The molecule has 110 valence electrons. The van der Waals surface area contributed by atoms with Gasteiger partial charge in [0.05, 0.1) is 11.5 Å². The van der Waals surface area contributed by atoms with E-state index in [0.29, 0.717) is 5.75 Å². The second-order valence-corrected chi connectivity index (χ2v) is 7.81. The van der Waals surface area contributed by atoms with Gasteiger partial charge in [-0.2, -0.15) is 5.26 Å². The molecule has 0 amide bonds. The van der Waals surface area contributed by atoms with Crippen LogP contribution in [0.25, 0.3) is 0 Å². The van der Waals surface area contributed by atoms with Crippen molar-refractivity contribution in [3.05, 3.63) is 34.9 Å². The predicted octanol–water partition coefficient (Wildman–Crippen LogP) is 4.27. The molecular formula is C17H25NOS. The molecule has 20 heavy (non-hydrogen) atoms. The van der Waals surface area contributed by atoms with Crippen LogP contribution in [0.4, 0.5) is 0 Å². The first-order chi connectivity index (χ1) is 9.32. The Kier molecular flexibility index (Phi) is 6.42. The Morgan fingerprint density at radius 1 is 1.15 bits per heavy atom. The molecule has 0 saturated carbocycles. The van der Waals surface area contributed by atoms with E-state index in [4.69, 9.17) is 5.26 Å². The van der Waals surface area contributed by atoms with E-state index in [0.717, 1.165) is 30.6 Å². The summed E-state index contributed by atoms with van der Waals surface area (Å²) in [6, 6.07) is 8.67.